The van der Waals surface area contributed by atoms with Crippen molar-refractivity contribution in [2.75, 3.05) is 0 Å². The molecule has 0 aliphatic heterocycles. The molecule has 0 aliphatic rings. The molecule has 0 aliphatic carbocycles. The second kappa shape index (κ2) is 5.05. The monoisotopic (exact) mass is 270 g/mol. The number of nitrogens with two attached hydrogens (primary N) is 1. The van der Waals surface area contributed by atoms with Crippen LogP contribution in [0.2, 0.25) is 0 Å². The van der Waals surface area contributed by atoms with Crippen molar-refractivity contribution in [1.82, 2.24) is 4.98 Å². The summed E-state index contributed by atoms with van der Waals surface area (Å²) in [5.41, 5.74) is 5.33. The fourth-order valence-electron chi connectivity index (χ4n) is 1.77. The Morgan fingerprint density at radius 1 is 1.32 bits per heavy atom. The molecule has 0 amide bonds. The second-order valence-electron chi connectivity index (χ2n) is 4.37. The van der Waals surface area contributed by atoms with Gasteiger partial charge in [0.2, 0.25) is 5.89 Å². The molecule has 0 bridgehead atoms. The lowest BCUT2D eigenvalue weighted by Crippen LogP contribution is -2.17. The third kappa shape index (κ3) is 3.14. The van der Waals surface area contributed by atoms with Crippen LogP contribution in [0.25, 0.3) is 11.5 Å². The Morgan fingerprint density at radius 3 is 2.63 bits per heavy atom. The van der Waals surface area contributed by atoms with Crippen LogP contribution in [0.1, 0.15) is 18.2 Å². The maximum absolute atomic E-state index is 12.9. The van der Waals surface area contributed by atoms with Gasteiger partial charge in [-0.1, -0.05) is 12.1 Å². The zero-order chi connectivity index (χ0) is 14.0. The Balaban J connectivity index is 2.39. The van der Waals surface area contributed by atoms with Gasteiger partial charge in [-0.05, 0) is 19.1 Å². The van der Waals surface area contributed by atoms with Crippen molar-refractivity contribution in [2.24, 2.45) is 5.73 Å². The molecule has 0 saturated heterocycles. The highest BCUT2D eigenvalue weighted by Gasteiger charge is 2.34. The van der Waals surface area contributed by atoms with Gasteiger partial charge in [0, 0.05) is 18.0 Å². The first-order chi connectivity index (χ1) is 8.88. The Hall–Kier alpha value is -1.82. The average molecular weight is 270 g/mol. The number of oxazole rings is 1. The first-order valence-corrected chi connectivity index (χ1v) is 5.74. The van der Waals surface area contributed by atoms with Gasteiger partial charge in [0.05, 0.1) is 11.3 Å². The Morgan fingerprint density at radius 2 is 2.00 bits per heavy atom. The molecule has 3 nitrogen and oxygen atoms in total. The molecule has 1 aromatic carbocycles. The van der Waals surface area contributed by atoms with Gasteiger partial charge in [-0.25, -0.2) is 4.98 Å². The smallest absolute Gasteiger partial charge is 0.417 e. The van der Waals surface area contributed by atoms with Crippen LogP contribution in [0, 0.1) is 0 Å². The lowest BCUT2D eigenvalue weighted by Gasteiger charge is -2.09. The number of hydrogen-bond acceptors (Lipinski definition) is 3. The second-order valence-corrected chi connectivity index (χ2v) is 4.37. The van der Waals surface area contributed by atoms with Crippen LogP contribution in [0.4, 0.5) is 13.2 Å². The standard InChI is InChI=1S/C13H13F3N2O/c1-8(17)6-9-7-19-12(18-9)10-4-2-3-5-11(10)13(14,15)16/h2-5,7-8H,6,17H2,1H3. The van der Waals surface area contributed by atoms with Crippen LogP contribution in [0.15, 0.2) is 34.9 Å². The molecule has 2 N–H and O–H groups in total. The van der Waals surface area contributed by atoms with Crippen molar-refractivity contribution in [3.63, 3.8) is 0 Å². The zero-order valence-electron chi connectivity index (χ0n) is 10.2. The van der Waals surface area contributed by atoms with Gasteiger partial charge in [0.15, 0.2) is 0 Å². The number of alkyl halides is 3. The molecular weight excluding hydrogens is 257 g/mol. The van der Waals surface area contributed by atoms with E-state index in [-0.39, 0.29) is 17.5 Å². The molecule has 0 spiro atoms. The van der Waals surface area contributed by atoms with Gasteiger partial charge in [0.1, 0.15) is 6.26 Å². The Bertz CT molecular complexity index is 561. The summed E-state index contributed by atoms with van der Waals surface area (Å²) >= 11 is 0. The highest BCUT2D eigenvalue weighted by Crippen LogP contribution is 2.36. The maximum Gasteiger partial charge on any atom is 0.417 e. The van der Waals surface area contributed by atoms with Gasteiger partial charge in [-0.2, -0.15) is 13.2 Å². The molecule has 2 rings (SSSR count). The van der Waals surface area contributed by atoms with Gasteiger partial charge < -0.3 is 10.2 Å². The summed E-state index contributed by atoms with van der Waals surface area (Å²) in [4.78, 5) is 4.05. The van der Waals surface area contributed by atoms with E-state index in [4.69, 9.17) is 10.2 Å². The highest BCUT2D eigenvalue weighted by atomic mass is 19.4. The van der Waals surface area contributed by atoms with Crippen LogP contribution in [-0.2, 0) is 12.6 Å². The number of aromatic nitrogens is 1. The highest BCUT2D eigenvalue weighted by molar-refractivity contribution is 5.59. The minimum atomic E-state index is -4.44. The van der Waals surface area contributed by atoms with Gasteiger partial charge >= 0.3 is 6.18 Å². The van der Waals surface area contributed by atoms with Gasteiger partial charge in [0.25, 0.3) is 0 Å². The number of rotatable bonds is 3. The minimum Gasteiger partial charge on any atom is -0.444 e. The topological polar surface area (TPSA) is 52.0 Å². The molecule has 2 aromatic rings. The van der Waals surface area contributed by atoms with Gasteiger partial charge in [-0.3, -0.25) is 0 Å². The number of hydrogen-bond donors (Lipinski definition) is 1. The fraction of sp³-hybridized carbons (Fsp3) is 0.308. The third-order valence-corrected chi connectivity index (χ3v) is 2.55. The predicted molar refractivity (Wildman–Crippen MR) is 64.3 cm³/mol. The first-order valence-electron chi connectivity index (χ1n) is 5.74. The molecule has 0 fully saturated rings. The molecule has 0 radical (unpaired) electrons. The van der Waals surface area contributed by atoms with E-state index in [0.717, 1.165) is 6.07 Å². The molecule has 1 aromatic heterocycles. The van der Waals surface area contributed by atoms with E-state index in [0.29, 0.717) is 12.1 Å². The summed E-state index contributed by atoms with van der Waals surface area (Å²) in [5, 5.41) is 0. The minimum absolute atomic E-state index is 0.0384. The molecule has 1 unspecified atom stereocenters. The van der Waals surface area contributed by atoms with Crippen molar-refractivity contribution >= 4 is 0 Å². The number of benzene rings is 1. The van der Waals surface area contributed by atoms with Crippen LogP contribution in [0.5, 0.6) is 0 Å². The summed E-state index contributed by atoms with van der Waals surface area (Å²) < 4.78 is 43.7. The molecule has 19 heavy (non-hydrogen) atoms. The molecule has 0 saturated carbocycles. The zero-order valence-corrected chi connectivity index (χ0v) is 10.2. The predicted octanol–water partition coefficient (Wildman–Crippen LogP) is 3.25. The maximum atomic E-state index is 12.9. The molecular formula is C13H13F3N2O. The van der Waals surface area contributed by atoms with Gasteiger partial charge in [-0.15, -0.1) is 0 Å². The lowest BCUT2D eigenvalue weighted by atomic mass is 10.1. The van der Waals surface area contributed by atoms with Crippen molar-refractivity contribution < 1.29 is 17.6 Å². The van der Waals surface area contributed by atoms with Crippen LogP contribution in [-0.4, -0.2) is 11.0 Å². The summed E-state index contributed by atoms with van der Waals surface area (Å²) in [6.45, 7) is 1.79. The largest absolute Gasteiger partial charge is 0.444 e. The van der Waals surface area contributed by atoms with E-state index in [1.165, 1.54) is 24.5 Å². The van der Waals surface area contributed by atoms with E-state index in [1.54, 1.807) is 6.92 Å². The summed E-state index contributed by atoms with van der Waals surface area (Å²) in [6.07, 6.45) is -2.64. The van der Waals surface area contributed by atoms with Crippen molar-refractivity contribution in [3.8, 4) is 11.5 Å². The van der Waals surface area contributed by atoms with Crippen LogP contribution in [0.3, 0.4) is 0 Å². The van der Waals surface area contributed by atoms with E-state index >= 15 is 0 Å². The number of nitrogens with zero attached hydrogens (tertiary/aromatic N) is 1. The van der Waals surface area contributed by atoms with Crippen LogP contribution >= 0.6 is 0 Å². The number of halogens is 3. The van der Waals surface area contributed by atoms with E-state index in [2.05, 4.69) is 4.98 Å². The third-order valence-electron chi connectivity index (χ3n) is 2.55. The fourth-order valence-corrected chi connectivity index (χ4v) is 1.77. The Labute approximate surface area is 108 Å². The van der Waals surface area contributed by atoms with Crippen LogP contribution < -0.4 is 5.73 Å². The van der Waals surface area contributed by atoms with Crippen molar-refractivity contribution in [3.05, 3.63) is 41.8 Å². The summed E-state index contributed by atoms with van der Waals surface area (Å²) in [6, 6.07) is 5.06. The Kier molecular flexibility index (Phi) is 3.61. The normalized spacial score (nSPS) is 13.5. The van der Waals surface area contributed by atoms with Crippen molar-refractivity contribution in [1.29, 1.82) is 0 Å². The first kappa shape index (κ1) is 13.6. The molecule has 6 heteroatoms. The molecule has 102 valence electrons. The average Bonchev–Trinajstić information content (AvgIpc) is 2.75. The van der Waals surface area contributed by atoms with E-state index in [1.807, 2.05) is 0 Å². The quantitative estimate of drug-likeness (QED) is 0.931. The summed E-state index contributed by atoms with van der Waals surface area (Å²) in [5.74, 6) is -0.0384. The SMILES string of the molecule is CC(N)Cc1coc(-c2ccccc2C(F)(F)F)n1. The van der Waals surface area contributed by atoms with E-state index < -0.39 is 11.7 Å². The lowest BCUT2D eigenvalue weighted by molar-refractivity contribution is -0.137. The molecule has 1 atom stereocenters. The summed E-state index contributed by atoms with van der Waals surface area (Å²) in [7, 11) is 0. The van der Waals surface area contributed by atoms with Crippen molar-refractivity contribution in [2.45, 2.75) is 25.6 Å². The molecule has 1 heterocycles. The van der Waals surface area contributed by atoms with E-state index in [9.17, 15) is 13.2 Å².